The summed E-state index contributed by atoms with van der Waals surface area (Å²) in [6.45, 7) is 4.45. The van der Waals surface area contributed by atoms with E-state index in [9.17, 15) is 9.59 Å². The molecule has 0 atom stereocenters. The van der Waals surface area contributed by atoms with E-state index in [2.05, 4.69) is 4.98 Å². The van der Waals surface area contributed by atoms with Gasteiger partial charge in [-0.2, -0.15) is 0 Å². The van der Waals surface area contributed by atoms with Crippen LogP contribution in [0.3, 0.4) is 0 Å². The molecule has 0 amide bonds. The first-order chi connectivity index (χ1) is 12.5. The average molecular weight is 371 g/mol. The summed E-state index contributed by atoms with van der Waals surface area (Å²) in [5.41, 5.74) is 1.69. The third-order valence-electron chi connectivity index (χ3n) is 4.17. The quantitative estimate of drug-likeness (QED) is 0.640. The van der Waals surface area contributed by atoms with Gasteiger partial charge in [0.1, 0.15) is 5.82 Å². The van der Waals surface area contributed by atoms with Crippen molar-refractivity contribution in [2.24, 2.45) is 0 Å². The molecule has 0 bridgehead atoms. The van der Waals surface area contributed by atoms with Gasteiger partial charge in [0, 0.05) is 18.0 Å². The van der Waals surface area contributed by atoms with Crippen molar-refractivity contribution >= 4 is 28.5 Å². The Kier molecular flexibility index (Phi) is 5.38. The van der Waals surface area contributed by atoms with Gasteiger partial charge in [-0.3, -0.25) is 9.36 Å². The minimum Gasteiger partial charge on any atom is -0.462 e. The maximum Gasteiger partial charge on any atom is 0.338 e. The van der Waals surface area contributed by atoms with Gasteiger partial charge in [-0.15, -0.1) is 0 Å². The minimum absolute atomic E-state index is 0.113. The zero-order valence-corrected chi connectivity index (χ0v) is 15.4. The molecule has 0 fully saturated rings. The summed E-state index contributed by atoms with van der Waals surface area (Å²) in [6, 6.07) is 12.3. The molecule has 3 aromatic rings. The van der Waals surface area contributed by atoms with Crippen LogP contribution < -0.4 is 5.56 Å². The van der Waals surface area contributed by atoms with E-state index in [-0.39, 0.29) is 11.5 Å². The van der Waals surface area contributed by atoms with E-state index in [0.29, 0.717) is 46.9 Å². The average Bonchev–Trinajstić information content (AvgIpc) is 2.62. The molecular formula is C20H19ClN2O3. The fourth-order valence-corrected chi connectivity index (χ4v) is 3.12. The molecule has 0 aliphatic heterocycles. The molecule has 0 radical (unpaired) electrons. The minimum atomic E-state index is -0.377. The number of esters is 1. The summed E-state index contributed by atoms with van der Waals surface area (Å²) >= 11 is 6.05. The Labute approximate surface area is 156 Å². The van der Waals surface area contributed by atoms with Crippen LogP contribution in [0.2, 0.25) is 5.02 Å². The van der Waals surface area contributed by atoms with Crippen LogP contribution in [0.25, 0.3) is 10.9 Å². The van der Waals surface area contributed by atoms with Crippen LogP contribution in [0.1, 0.15) is 35.6 Å². The Balaban J connectivity index is 2.12. The van der Waals surface area contributed by atoms with Gasteiger partial charge < -0.3 is 4.74 Å². The Morgan fingerprint density at radius 1 is 1.19 bits per heavy atom. The van der Waals surface area contributed by atoms with Gasteiger partial charge in [0.25, 0.3) is 5.56 Å². The van der Waals surface area contributed by atoms with Crippen LogP contribution in [-0.4, -0.2) is 22.1 Å². The van der Waals surface area contributed by atoms with Crippen LogP contribution in [0, 0.1) is 0 Å². The van der Waals surface area contributed by atoms with Crippen molar-refractivity contribution in [3.63, 3.8) is 0 Å². The van der Waals surface area contributed by atoms with E-state index in [1.807, 2.05) is 19.1 Å². The highest BCUT2D eigenvalue weighted by molar-refractivity contribution is 6.31. The number of carbonyl (C=O) groups is 1. The lowest BCUT2D eigenvalue weighted by atomic mass is 10.0. The predicted octanol–water partition coefficient (Wildman–Crippen LogP) is 3.84. The summed E-state index contributed by atoms with van der Waals surface area (Å²) in [7, 11) is 0. The van der Waals surface area contributed by atoms with Crippen molar-refractivity contribution < 1.29 is 9.53 Å². The molecule has 0 spiro atoms. The first-order valence-electron chi connectivity index (χ1n) is 8.49. The molecule has 0 N–H and O–H groups in total. The monoisotopic (exact) mass is 370 g/mol. The summed E-state index contributed by atoms with van der Waals surface area (Å²) in [5.74, 6) is 0.210. The Morgan fingerprint density at radius 3 is 2.69 bits per heavy atom. The standard InChI is InChI=1S/C20H19ClN2O3/c1-3-23-18(22-17-12-14(21)9-10-16(17)19(23)24)11-13-7-5-6-8-15(13)20(25)26-4-2/h5-10,12H,3-4,11H2,1-2H3. The summed E-state index contributed by atoms with van der Waals surface area (Å²) in [6.07, 6.45) is 0.348. The number of carbonyl (C=O) groups excluding carboxylic acids is 1. The molecule has 0 saturated heterocycles. The number of ether oxygens (including phenoxy) is 1. The van der Waals surface area contributed by atoms with Gasteiger partial charge in [-0.25, -0.2) is 9.78 Å². The van der Waals surface area contributed by atoms with Crippen LogP contribution in [0.5, 0.6) is 0 Å². The fourth-order valence-electron chi connectivity index (χ4n) is 2.95. The Morgan fingerprint density at radius 2 is 1.96 bits per heavy atom. The molecule has 0 saturated carbocycles. The van der Waals surface area contributed by atoms with Crippen LogP contribution >= 0.6 is 11.6 Å². The lowest BCUT2D eigenvalue weighted by Crippen LogP contribution is -2.25. The summed E-state index contributed by atoms with van der Waals surface area (Å²) in [4.78, 5) is 29.6. The van der Waals surface area contributed by atoms with Gasteiger partial charge in [-0.05, 0) is 43.7 Å². The predicted molar refractivity (Wildman–Crippen MR) is 102 cm³/mol. The SMILES string of the molecule is CCOC(=O)c1ccccc1Cc1nc2cc(Cl)ccc2c(=O)n1CC. The third kappa shape index (κ3) is 3.48. The van der Waals surface area contributed by atoms with Crippen LogP contribution in [0.4, 0.5) is 0 Å². The Hall–Kier alpha value is -2.66. The number of rotatable bonds is 5. The van der Waals surface area contributed by atoms with Crippen molar-refractivity contribution in [1.82, 2.24) is 9.55 Å². The second kappa shape index (κ2) is 7.70. The van der Waals surface area contributed by atoms with E-state index in [1.54, 1.807) is 41.8 Å². The molecule has 1 heterocycles. The second-order valence-electron chi connectivity index (χ2n) is 5.79. The van der Waals surface area contributed by atoms with Crippen molar-refractivity contribution in [3.8, 4) is 0 Å². The van der Waals surface area contributed by atoms with E-state index < -0.39 is 0 Å². The number of aromatic nitrogens is 2. The third-order valence-corrected chi connectivity index (χ3v) is 4.41. The number of fused-ring (bicyclic) bond motifs is 1. The number of hydrogen-bond donors (Lipinski definition) is 0. The van der Waals surface area contributed by atoms with Crippen LogP contribution in [0.15, 0.2) is 47.3 Å². The molecule has 5 nitrogen and oxygen atoms in total. The van der Waals surface area contributed by atoms with E-state index >= 15 is 0 Å². The molecule has 3 rings (SSSR count). The van der Waals surface area contributed by atoms with Gasteiger partial charge >= 0.3 is 5.97 Å². The largest absolute Gasteiger partial charge is 0.462 e. The van der Waals surface area contributed by atoms with E-state index in [0.717, 1.165) is 5.56 Å². The molecule has 0 aliphatic rings. The van der Waals surface area contributed by atoms with Crippen molar-refractivity contribution in [3.05, 3.63) is 74.8 Å². The molecular weight excluding hydrogens is 352 g/mol. The topological polar surface area (TPSA) is 61.2 Å². The van der Waals surface area contributed by atoms with Crippen molar-refractivity contribution in [2.75, 3.05) is 6.61 Å². The zero-order chi connectivity index (χ0) is 18.7. The molecule has 0 aliphatic carbocycles. The van der Waals surface area contributed by atoms with Gasteiger partial charge in [0.2, 0.25) is 0 Å². The summed E-state index contributed by atoms with van der Waals surface area (Å²) < 4.78 is 6.75. The molecule has 2 aromatic carbocycles. The van der Waals surface area contributed by atoms with E-state index in [4.69, 9.17) is 16.3 Å². The summed E-state index contributed by atoms with van der Waals surface area (Å²) in [5, 5.41) is 1.05. The highest BCUT2D eigenvalue weighted by Gasteiger charge is 2.16. The number of hydrogen-bond acceptors (Lipinski definition) is 4. The van der Waals surface area contributed by atoms with Gasteiger partial charge in [0.05, 0.1) is 23.1 Å². The van der Waals surface area contributed by atoms with Crippen LogP contribution in [-0.2, 0) is 17.7 Å². The smallest absolute Gasteiger partial charge is 0.338 e. The highest BCUT2D eigenvalue weighted by Crippen LogP contribution is 2.18. The van der Waals surface area contributed by atoms with Gasteiger partial charge in [0.15, 0.2) is 0 Å². The second-order valence-corrected chi connectivity index (χ2v) is 6.23. The normalized spacial score (nSPS) is 10.9. The van der Waals surface area contributed by atoms with E-state index in [1.165, 1.54) is 0 Å². The maximum absolute atomic E-state index is 12.8. The first-order valence-corrected chi connectivity index (χ1v) is 8.87. The molecule has 26 heavy (non-hydrogen) atoms. The zero-order valence-electron chi connectivity index (χ0n) is 14.7. The molecule has 6 heteroatoms. The molecule has 0 unspecified atom stereocenters. The number of benzene rings is 2. The maximum atomic E-state index is 12.8. The van der Waals surface area contributed by atoms with Gasteiger partial charge in [-0.1, -0.05) is 29.8 Å². The first kappa shape index (κ1) is 18.1. The highest BCUT2D eigenvalue weighted by atomic mass is 35.5. The fraction of sp³-hybridized carbons (Fsp3) is 0.250. The molecule has 1 aromatic heterocycles. The number of nitrogens with zero attached hydrogens (tertiary/aromatic N) is 2. The Bertz CT molecular complexity index is 1030. The van der Waals surface area contributed by atoms with Crippen molar-refractivity contribution in [1.29, 1.82) is 0 Å². The molecule has 134 valence electrons. The lowest BCUT2D eigenvalue weighted by Gasteiger charge is -2.14. The number of halogens is 1. The lowest BCUT2D eigenvalue weighted by molar-refractivity contribution is 0.0525. The van der Waals surface area contributed by atoms with Crippen molar-refractivity contribution in [2.45, 2.75) is 26.8 Å².